The summed E-state index contributed by atoms with van der Waals surface area (Å²) in [5.74, 6) is 0.733. The third-order valence-electron chi connectivity index (χ3n) is 4.03. The molecule has 1 aliphatic rings. The lowest BCUT2D eigenvalue weighted by Gasteiger charge is -2.33. The SMILES string of the molecule is C[C@H]1CCCC[C@H]1NC(=S)N(C)Cc1ccccc1. The second-order valence-electron chi connectivity index (χ2n) is 5.66. The van der Waals surface area contributed by atoms with Crippen molar-refractivity contribution in [1.82, 2.24) is 10.2 Å². The lowest BCUT2D eigenvalue weighted by Crippen LogP contribution is -2.46. The number of nitrogens with one attached hydrogen (secondary N) is 1. The van der Waals surface area contributed by atoms with Crippen LogP contribution in [0.4, 0.5) is 0 Å². The van der Waals surface area contributed by atoms with Gasteiger partial charge in [-0.25, -0.2) is 0 Å². The Balaban J connectivity index is 1.85. The molecule has 0 amide bonds. The zero-order chi connectivity index (χ0) is 13.7. The lowest BCUT2D eigenvalue weighted by atomic mass is 9.86. The summed E-state index contributed by atoms with van der Waals surface area (Å²) < 4.78 is 0. The maximum atomic E-state index is 5.52. The van der Waals surface area contributed by atoms with E-state index in [1.807, 2.05) is 6.07 Å². The number of benzene rings is 1. The van der Waals surface area contributed by atoms with Gasteiger partial charge < -0.3 is 10.2 Å². The fourth-order valence-corrected chi connectivity index (χ4v) is 2.94. The molecule has 3 heteroatoms. The molecular weight excluding hydrogens is 252 g/mol. The van der Waals surface area contributed by atoms with Gasteiger partial charge in [0.05, 0.1) is 0 Å². The molecule has 2 atom stereocenters. The summed E-state index contributed by atoms with van der Waals surface area (Å²) in [6.07, 6.45) is 5.27. The molecular formula is C16H24N2S. The average molecular weight is 276 g/mol. The van der Waals surface area contributed by atoms with Crippen molar-refractivity contribution in [1.29, 1.82) is 0 Å². The van der Waals surface area contributed by atoms with Crippen molar-refractivity contribution in [2.24, 2.45) is 5.92 Å². The second kappa shape index (κ2) is 6.90. The Morgan fingerprint density at radius 2 is 1.95 bits per heavy atom. The molecule has 1 fully saturated rings. The summed E-state index contributed by atoms with van der Waals surface area (Å²) in [5.41, 5.74) is 1.30. The second-order valence-corrected chi connectivity index (χ2v) is 6.05. The smallest absolute Gasteiger partial charge is 0.169 e. The van der Waals surface area contributed by atoms with Crippen LogP contribution in [0.5, 0.6) is 0 Å². The molecule has 1 saturated carbocycles. The topological polar surface area (TPSA) is 15.3 Å². The van der Waals surface area contributed by atoms with E-state index in [1.54, 1.807) is 0 Å². The highest BCUT2D eigenvalue weighted by molar-refractivity contribution is 7.80. The van der Waals surface area contributed by atoms with Crippen molar-refractivity contribution in [3.8, 4) is 0 Å². The first-order chi connectivity index (χ1) is 9.16. The minimum Gasteiger partial charge on any atom is -0.360 e. The quantitative estimate of drug-likeness (QED) is 0.850. The summed E-state index contributed by atoms with van der Waals surface area (Å²) in [4.78, 5) is 2.13. The maximum absolute atomic E-state index is 5.52. The molecule has 1 aliphatic carbocycles. The van der Waals surface area contributed by atoms with E-state index in [9.17, 15) is 0 Å². The van der Waals surface area contributed by atoms with Crippen LogP contribution >= 0.6 is 12.2 Å². The van der Waals surface area contributed by atoms with Crippen molar-refractivity contribution in [2.75, 3.05) is 7.05 Å². The van der Waals surface area contributed by atoms with E-state index in [2.05, 4.69) is 48.5 Å². The molecule has 19 heavy (non-hydrogen) atoms. The van der Waals surface area contributed by atoms with Crippen LogP contribution < -0.4 is 5.32 Å². The third kappa shape index (κ3) is 4.20. The summed E-state index contributed by atoms with van der Waals surface area (Å²) in [6, 6.07) is 11.0. The number of hydrogen-bond donors (Lipinski definition) is 1. The molecule has 2 nitrogen and oxygen atoms in total. The van der Waals surface area contributed by atoms with Crippen LogP contribution in [-0.2, 0) is 6.54 Å². The van der Waals surface area contributed by atoms with Gasteiger partial charge in [-0.3, -0.25) is 0 Å². The van der Waals surface area contributed by atoms with Gasteiger partial charge in [-0.1, -0.05) is 50.1 Å². The number of hydrogen-bond acceptors (Lipinski definition) is 1. The molecule has 0 heterocycles. The Hall–Kier alpha value is -1.09. The van der Waals surface area contributed by atoms with Gasteiger partial charge in [0.15, 0.2) is 5.11 Å². The predicted octanol–water partition coefficient (Wildman–Crippen LogP) is 3.57. The van der Waals surface area contributed by atoms with E-state index >= 15 is 0 Å². The first-order valence-corrected chi connectivity index (χ1v) is 7.63. The number of thiocarbonyl (C=S) groups is 1. The van der Waals surface area contributed by atoms with Crippen LogP contribution in [0.15, 0.2) is 30.3 Å². The molecule has 0 unspecified atom stereocenters. The fourth-order valence-electron chi connectivity index (χ4n) is 2.73. The Kier molecular flexibility index (Phi) is 5.20. The van der Waals surface area contributed by atoms with Crippen LogP contribution in [0.1, 0.15) is 38.2 Å². The standard InChI is InChI=1S/C16H24N2S/c1-13-8-6-7-11-15(13)17-16(19)18(2)12-14-9-4-3-5-10-14/h3-5,9-10,13,15H,6-8,11-12H2,1-2H3,(H,17,19)/t13-,15+/m0/s1. The molecule has 0 spiro atoms. The minimum absolute atomic E-state index is 0.555. The van der Waals surface area contributed by atoms with Crippen molar-refractivity contribution < 1.29 is 0 Å². The summed E-state index contributed by atoms with van der Waals surface area (Å²) >= 11 is 5.52. The van der Waals surface area contributed by atoms with Gasteiger partial charge in [0.2, 0.25) is 0 Å². The van der Waals surface area contributed by atoms with Crippen molar-refractivity contribution in [3.05, 3.63) is 35.9 Å². The predicted molar refractivity (Wildman–Crippen MR) is 85.1 cm³/mol. The number of rotatable bonds is 3. The van der Waals surface area contributed by atoms with Crippen LogP contribution in [0.2, 0.25) is 0 Å². The maximum Gasteiger partial charge on any atom is 0.169 e. The fraction of sp³-hybridized carbons (Fsp3) is 0.562. The van der Waals surface area contributed by atoms with Gasteiger partial charge in [-0.2, -0.15) is 0 Å². The lowest BCUT2D eigenvalue weighted by molar-refractivity contribution is 0.300. The van der Waals surface area contributed by atoms with E-state index < -0.39 is 0 Å². The zero-order valence-electron chi connectivity index (χ0n) is 11.9. The third-order valence-corrected chi connectivity index (χ3v) is 4.46. The monoisotopic (exact) mass is 276 g/mol. The van der Waals surface area contributed by atoms with Gasteiger partial charge in [0.25, 0.3) is 0 Å². The van der Waals surface area contributed by atoms with Crippen LogP contribution in [0.3, 0.4) is 0 Å². The van der Waals surface area contributed by atoms with Crippen molar-refractivity contribution in [2.45, 2.75) is 45.2 Å². The minimum atomic E-state index is 0.555. The normalized spacial score (nSPS) is 22.8. The highest BCUT2D eigenvalue weighted by Gasteiger charge is 2.22. The largest absolute Gasteiger partial charge is 0.360 e. The van der Waals surface area contributed by atoms with E-state index in [4.69, 9.17) is 12.2 Å². The molecule has 0 radical (unpaired) electrons. The highest BCUT2D eigenvalue weighted by Crippen LogP contribution is 2.23. The van der Waals surface area contributed by atoms with E-state index in [-0.39, 0.29) is 0 Å². The Labute approximate surface area is 122 Å². The Bertz CT molecular complexity index is 404. The molecule has 1 N–H and O–H groups in total. The van der Waals surface area contributed by atoms with E-state index in [1.165, 1.54) is 31.2 Å². The zero-order valence-corrected chi connectivity index (χ0v) is 12.7. The van der Waals surface area contributed by atoms with Gasteiger partial charge in [-0.05, 0) is 36.5 Å². The molecule has 1 aromatic carbocycles. The van der Waals surface area contributed by atoms with E-state index in [0.29, 0.717) is 6.04 Å². The molecule has 2 rings (SSSR count). The molecule has 0 aliphatic heterocycles. The van der Waals surface area contributed by atoms with Crippen molar-refractivity contribution in [3.63, 3.8) is 0 Å². The molecule has 0 aromatic heterocycles. The van der Waals surface area contributed by atoms with Crippen molar-refractivity contribution >= 4 is 17.3 Å². The summed E-state index contributed by atoms with van der Waals surface area (Å²) in [6.45, 7) is 3.20. The van der Waals surface area contributed by atoms with Gasteiger partial charge in [0.1, 0.15) is 0 Å². The molecule has 1 aromatic rings. The van der Waals surface area contributed by atoms with Crippen LogP contribution in [0.25, 0.3) is 0 Å². The Morgan fingerprint density at radius 3 is 2.63 bits per heavy atom. The molecule has 104 valence electrons. The number of nitrogens with zero attached hydrogens (tertiary/aromatic N) is 1. The molecule has 0 saturated heterocycles. The van der Waals surface area contributed by atoms with Gasteiger partial charge in [0, 0.05) is 19.6 Å². The molecule has 0 bridgehead atoms. The van der Waals surface area contributed by atoms with Gasteiger partial charge >= 0.3 is 0 Å². The first kappa shape index (κ1) is 14.3. The average Bonchev–Trinajstić information content (AvgIpc) is 2.42. The van der Waals surface area contributed by atoms with Crippen LogP contribution in [-0.4, -0.2) is 23.1 Å². The Morgan fingerprint density at radius 1 is 1.26 bits per heavy atom. The summed E-state index contributed by atoms with van der Waals surface area (Å²) in [5, 5.41) is 4.42. The summed E-state index contributed by atoms with van der Waals surface area (Å²) in [7, 11) is 2.07. The highest BCUT2D eigenvalue weighted by atomic mass is 32.1. The first-order valence-electron chi connectivity index (χ1n) is 7.22. The van der Waals surface area contributed by atoms with Gasteiger partial charge in [-0.15, -0.1) is 0 Å². The van der Waals surface area contributed by atoms with E-state index in [0.717, 1.165) is 17.6 Å². The van der Waals surface area contributed by atoms with Crippen LogP contribution in [0, 0.1) is 5.92 Å².